The lowest BCUT2D eigenvalue weighted by Crippen LogP contribution is -2.42. The molecule has 1 aliphatic heterocycles. The number of aryl methyl sites for hydroxylation is 1. The van der Waals surface area contributed by atoms with Crippen molar-refractivity contribution in [3.63, 3.8) is 0 Å². The highest BCUT2D eigenvalue weighted by molar-refractivity contribution is 7.92. The van der Waals surface area contributed by atoms with Gasteiger partial charge in [0, 0.05) is 18.2 Å². The maximum Gasteiger partial charge on any atom is 0.269 e. The zero-order chi connectivity index (χ0) is 17.5. The largest absolute Gasteiger partial charge is 0.269 e. The SMILES string of the molecule is CC1CCc2cc(F)ccc2N1S(=O)(=O)c1ccc([N+](=O)[O-])cc1. The maximum absolute atomic E-state index is 13.4. The summed E-state index contributed by atoms with van der Waals surface area (Å²) in [6.07, 6.45) is 1.17. The van der Waals surface area contributed by atoms with Crippen LogP contribution in [0.1, 0.15) is 18.9 Å². The van der Waals surface area contributed by atoms with Crippen molar-refractivity contribution in [2.24, 2.45) is 0 Å². The molecule has 126 valence electrons. The number of benzene rings is 2. The Hall–Kier alpha value is -2.48. The van der Waals surface area contributed by atoms with E-state index >= 15 is 0 Å². The fourth-order valence-corrected chi connectivity index (χ4v) is 4.63. The van der Waals surface area contributed by atoms with E-state index in [2.05, 4.69) is 0 Å². The summed E-state index contributed by atoms with van der Waals surface area (Å²) in [7, 11) is -3.89. The third-order valence-corrected chi connectivity index (χ3v) is 6.06. The Labute approximate surface area is 138 Å². The van der Waals surface area contributed by atoms with Gasteiger partial charge in [-0.2, -0.15) is 0 Å². The van der Waals surface area contributed by atoms with Crippen LogP contribution in [-0.2, 0) is 16.4 Å². The number of rotatable bonds is 3. The Morgan fingerprint density at radius 1 is 1.21 bits per heavy atom. The molecule has 0 fully saturated rings. The number of halogens is 1. The molecule has 1 unspecified atom stereocenters. The van der Waals surface area contributed by atoms with Crippen molar-refractivity contribution in [1.82, 2.24) is 0 Å². The molecule has 6 nitrogen and oxygen atoms in total. The second-order valence-corrected chi connectivity index (χ2v) is 7.53. The highest BCUT2D eigenvalue weighted by Crippen LogP contribution is 2.35. The van der Waals surface area contributed by atoms with Gasteiger partial charge in [-0.3, -0.25) is 14.4 Å². The van der Waals surface area contributed by atoms with Crippen molar-refractivity contribution in [2.75, 3.05) is 4.31 Å². The van der Waals surface area contributed by atoms with E-state index in [4.69, 9.17) is 0 Å². The average molecular weight is 350 g/mol. The van der Waals surface area contributed by atoms with E-state index < -0.39 is 20.8 Å². The molecule has 8 heteroatoms. The Kier molecular flexibility index (Phi) is 4.00. The number of anilines is 1. The van der Waals surface area contributed by atoms with Gasteiger partial charge < -0.3 is 0 Å². The zero-order valence-electron chi connectivity index (χ0n) is 12.8. The van der Waals surface area contributed by atoms with E-state index in [0.29, 0.717) is 24.1 Å². The first kappa shape index (κ1) is 16.4. The summed E-state index contributed by atoms with van der Waals surface area (Å²) in [6, 6.07) is 8.51. The summed E-state index contributed by atoms with van der Waals surface area (Å²) in [4.78, 5) is 10.1. The quantitative estimate of drug-likeness (QED) is 0.628. The summed E-state index contributed by atoms with van der Waals surface area (Å²) in [5.74, 6) is -0.406. The van der Waals surface area contributed by atoms with E-state index in [1.165, 1.54) is 34.6 Å². The molecule has 1 aliphatic rings. The molecule has 1 heterocycles. The number of hydrogen-bond acceptors (Lipinski definition) is 4. The number of nitro groups is 1. The van der Waals surface area contributed by atoms with Gasteiger partial charge in [0.05, 0.1) is 15.5 Å². The standard InChI is InChI=1S/C16H15FN2O4S/c1-11-2-3-12-10-13(17)4-9-16(12)18(11)24(22,23)15-7-5-14(6-8-15)19(20)21/h4-11H,2-3H2,1H3. The van der Waals surface area contributed by atoms with Crippen LogP contribution in [0.25, 0.3) is 0 Å². The van der Waals surface area contributed by atoms with Crippen molar-refractivity contribution >= 4 is 21.4 Å². The van der Waals surface area contributed by atoms with Gasteiger partial charge in [-0.05, 0) is 55.7 Å². The van der Waals surface area contributed by atoms with Gasteiger partial charge >= 0.3 is 0 Å². The van der Waals surface area contributed by atoms with Crippen molar-refractivity contribution < 1.29 is 17.7 Å². The third-order valence-electron chi connectivity index (χ3n) is 4.12. The fourth-order valence-electron chi connectivity index (χ4n) is 2.91. The Morgan fingerprint density at radius 2 is 1.88 bits per heavy atom. The predicted molar refractivity (Wildman–Crippen MR) is 86.9 cm³/mol. The number of hydrogen-bond donors (Lipinski definition) is 0. The molecule has 24 heavy (non-hydrogen) atoms. The first-order chi connectivity index (χ1) is 11.3. The Balaban J connectivity index is 2.08. The number of sulfonamides is 1. The molecule has 1 atom stereocenters. The van der Waals surface area contributed by atoms with Gasteiger partial charge in [0.1, 0.15) is 5.82 Å². The topological polar surface area (TPSA) is 80.5 Å². The van der Waals surface area contributed by atoms with E-state index in [9.17, 15) is 22.9 Å². The number of non-ortho nitro benzene ring substituents is 1. The van der Waals surface area contributed by atoms with Crippen LogP contribution < -0.4 is 4.31 Å². The molecular formula is C16H15FN2O4S. The highest BCUT2D eigenvalue weighted by Gasteiger charge is 2.34. The summed E-state index contributed by atoms with van der Waals surface area (Å²) in [5.41, 5.74) is 0.912. The summed E-state index contributed by atoms with van der Waals surface area (Å²) < 4.78 is 40.7. The molecule has 0 amide bonds. The lowest BCUT2D eigenvalue weighted by Gasteiger charge is -2.36. The molecular weight excluding hydrogens is 335 g/mol. The molecule has 2 aromatic carbocycles. The van der Waals surface area contributed by atoms with Gasteiger partial charge in [-0.25, -0.2) is 12.8 Å². The fraction of sp³-hybridized carbons (Fsp3) is 0.250. The van der Waals surface area contributed by atoms with Crippen LogP contribution >= 0.6 is 0 Å². The number of nitrogens with zero attached hydrogens (tertiary/aromatic N) is 2. The molecule has 0 spiro atoms. The lowest BCUT2D eigenvalue weighted by atomic mass is 9.99. The first-order valence-corrected chi connectivity index (χ1v) is 8.82. The zero-order valence-corrected chi connectivity index (χ0v) is 13.7. The highest BCUT2D eigenvalue weighted by atomic mass is 32.2. The maximum atomic E-state index is 13.4. The molecule has 0 aliphatic carbocycles. The van der Waals surface area contributed by atoms with Crippen LogP contribution in [0.4, 0.5) is 15.8 Å². The van der Waals surface area contributed by atoms with Crippen molar-refractivity contribution in [3.05, 3.63) is 64.0 Å². The lowest BCUT2D eigenvalue weighted by molar-refractivity contribution is -0.384. The van der Waals surface area contributed by atoms with E-state index in [1.807, 2.05) is 0 Å². The van der Waals surface area contributed by atoms with Crippen molar-refractivity contribution in [1.29, 1.82) is 0 Å². The van der Waals surface area contributed by atoms with E-state index in [1.54, 1.807) is 6.92 Å². The Bertz CT molecular complexity index is 897. The minimum absolute atomic E-state index is 0.0304. The van der Waals surface area contributed by atoms with Gasteiger partial charge in [-0.1, -0.05) is 0 Å². The summed E-state index contributed by atoms with van der Waals surface area (Å²) >= 11 is 0. The molecule has 0 bridgehead atoms. The van der Waals surface area contributed by atoms with Crippen LogP contribution in [0.2, 0.25) is 0 Å². The van der Waals surface area contributed by atoms with Crippen LogP contribution in [0.5, 0.6) is 0 Å². The van der Waals surface area contributed by atoms with Crippen LogP contribution in [0.15, 0.2) is 47.4 Å². The average Bonchev–Trinajstić information content (AvgIpc) is 2.54. The van der Waals surface area contributed by atoms with Gasteiger partial charge in [-0.15, -0.1) is 0 Å². The minimum atomic E-state index is -3.89. The normalized spacial score (nSPS) is 17.4. The van der Waals surface area contributed by atoms with E-state index in [-0.39, 0.29) is 16.6 Å². The minimum Gasteiger partial charge on any atom is -0.263 e. The molecule has 3 rings (SSSR count). The number of fused-ring (bicyclic) bond motifs is 1. The van der Waals surface area contributed by atoms with E-state index in [0.717, 1.165) is 12.1 Å². The van der Waals surface area contributed by atoms with Crippen molar-refractivity contribution in [2.45, 2.75) is 30.7 Å². The summed E-state index contributed by atoms with van der Waals surface area (Å²) in [6.45, 7) is 1.79. The van der Waals surface area contributed by atoms with Gasteiger partial charge in [0.2, 0.25) is 0 Å². The van der Waals surface area contributed by atoms with Crippen LogP contribution in [0, 0.1) is 15.9 Å². The summed E-state index contributed by atoms with van der Waals surface area (Å²) in [5, 5.41) is 10.7. The predicted octanol–water partition coefficient (Wildman–Crippen LogP) is 3.26. The monoisotopic (exact) mass is 350 g/mol. The van der Waals surface area contributed by atoms with Crippen molar-refractivity contribution in [3.8, 4) is 0 Å². The molecule has 2 aromatic rings. The van der Waals surface area contributed by atoms with Gasteiger partial charge in [0.15, 0.2) is 0 Å². The van der Waals surface area contributed by atoms with Crippen LogP contribution in [0.3, 0.4) is 0 Å². The second-order valence-electron chi connectivity index (χ2n) is 5.71. The Morgan fingerprint density at radius 3 is 2.50 bits per heavy atom. The molecule has 0 radical (unpaired) electrons. The molecule has 0 aromatic heterocycles. The smallest absolute Gasteiger partial charge is 0.263 e. The first-order valence-electron chi connectivity index (χ1n) is 7.38. The molecule has 0 saturated carbocycles. The van der Waals surface area contributed by atoms with Crippen LogP contribution in [-0.4, -0.2) is 19.4 Å². The number of nitro benzene ring substituents is 1. The molecule has 0 saturated heterocycles. The molecule has 0 N–H and O–H groups in total. The van der Waals surface area contributed by atoms with Gasteiger partial charge in [0.25, 0.3) is 15.7 Å². The third kappa shape index (κ3) is 2.73. The second kappa shape index (κ2) is 5.86.